The van der Waals surface area contributed by atoms with Crippen LogP contribution in [0.4, 0.5) is 0 Å². The summed E-state index contributed by atoms with van der Waals surface area (Å²) in [5.41, 5.74) is 3.29. The second kappa shape index (κ2) is 4.82. The second-order valence-corrected chi connectivity index (χ2v) is 4.58. The van der Waals surface area contributed by atoms with Gasteiger partial charge in [0.25, 0.3) is 5.24 Å². The number of carbonyl (C=O) groups excluding carboxylic acids is 1. The van der Waals surface area contributed by atoms with Crippen molar-refractivity contribution in [3.05, 3.63) is 66.2 Å². The first-order valence-corrected chi connectivity index (χ1v) is 6.28. The SMILES string of the molecule is O=C(Cl)c1ccc(-c2ccc3ccccc3n2)cc1. The average molecular weight is 268 g/mol. The van der Waals surface area contributed by atoms with Crippen LogP contribution >= 0.6 is 11.6 Å². The lowest BCUT2D eigenvalue weighted by Crippen LogP contribution is -1.89. The number of benzene rings is 2. The van der Waals surface area contributed by atoms with Crippen molar-refractivity contribution in [2.24, 2.45) is 0 Å². The van der Waals surface area contributed by atoms with Gasteiger partial charge in [0.15, 0.2) is 0 Å². The van der Waals surface area contributed by atoms with Gasteiger partial charge in [-0.2, -0.15) is 0 Å². The minimum atomic E-state index is -0.446. The van der Waals surface area contributed by atoms with Gasteiger partial charge in [0.2, 0.25) is 0 Å². The molecule has 3 aromatic rings. The van der Waals surface area contributed by atoms with E-state index in [0.29, 0.717) is 5.56 Å². The first-order valence-electron chi connectivity index (χ1n) is 5.90. The van der Waals surface area contributed by atoms with Gasteiger partial charge < -0.3 is 0 Å². The summed E-state index contributed by atoms with van der Waals surface area (Å²) in [6.07, 6.45) is 0. The maximum atomic E-state index is 11.0. The summed E-state index contributed by atoms with van der Waals surface area (Å²) in [6.45, 7) is 0. The number of halogens is 1. The Bertz CT molecular complexity index is 750. The predicted octanol–water partition coefficient (Wildman–Crippen LogP) is 4.28. The summed E-state index contributed by atoms with van der Waals surface area (Å²) in [5, 5.41) is 0.664. The Labute approximate surface area is 115 Å². The summed E-state index contributed by atoms with van der Waals surface area (Å²) >= 11 is 5.43. The van der Waals surface area contributed by atoms with Gasteiger partial charge in [-0.15, -0.1) is 0 Å². The first kappa shape index (κ1) is 11.9. The molecular formula is C16H10ClNO. The van der Waals surface area contributed by atoms with Crippen molar-refractivity contribution < 1.29 is 4.79 Å². The second-order valence-electron chi connectivity index (χ2n) is 4.24. The van der Waals surface area contributed by atoms with Crippen LogP contribution in [0.1, 0.15) is 10.4 Å². The smallest absolute Gasteiger partial charge is 0.252 e. The van der Waals surface area contributed by atoms with Crippen LogP contribution in [-0.2, 0) is 0 Å². The maximum Gasteiger partial charge on any atom is 0.252 e. The predicted molar refractivity (Wildman–Crippen MR) is 77.4 cm³/mol. The standard InChI is InChI=1S/C16H10ClNO/c17-16(19)13-7-5-12(6-8-13)15-10-9-11-3-1-2-4-14(11)18-15/h1-10H. The van der Waals surface area contributed by atoms with Gasteiger partial charge in [0.05, 0.1) is 11.2 Å². The quantitative estimate of drug-likeness (QED) is 0.649. The summed E-state index contributed by atoms with van der Waals surface area (Å²) in [7, 11) is 0. The molecule has 2 nitrogen and oxygen atoms in total. The number of aromatic nitrogens is 1. The third-order valence-electron chi connectivity index (χ3n) is 3.01. The molecule has 92 valence electrons. The minimum absolute atomic E-state index is 0.446. The molecule has 3 heteroatoms. The van der Waals surface area contributed by atoms with E-state index < -0.39 is 5.24 Å². The lowest BCUT2D eigenvalue weighted by Gasteiger charge is -2.03. The fraction of sp³-hybridized carbons (Fsp3) is 0. The monoisotopic (exact) mass is 267 g/mol. The van der Waals surface area contributed by atoms with Crippen molar-refractivity contribution in [2.75, 3.05) is 0 Å². The largest absolute Gasteiger partial charge is 0.276 e. The van der Waals surface area contributed by atoms with Crippen molar-refractivity contribution in [1.82, 2.24) is 4.98 Å². The summed E-state index contributed by atoms with van der Waals surface area (Å²) in [5.74, 6) is 0. The van der Waals surface area contributed by atoms with E-state index in [-0.39, 0.29) is 0 Å². The molecule has 0 amide bonds. The Morgan fingerprint density at radius 2 is 1.63 bits per heavy atom. The Morgan fingerprint density at radius 3 is 2.37 bits per heavy atom. The van der Waals surface area contributed by atoms with E-state index in [2.05, 4.69) is 4.98 Å². The van der Waals surface area contributed by atoms with Crippen LogP contribution in [0.25, 0.3) is 22.2 Å². The molecule has 0 saturated heterocycles. The number of nitrogens with zero attached hydrogens (tertiary/aromatic N) is 1. The topological polar surface area (TPSA) is 30.0 Å². The number of hydrogen-bond donors (Lipinski definition) is 0. The zero-order valence-corrected chi connectivity index (χ0v) is 10.8. The van der Waals surface area contributed by atoms with Crippen LogP contribution in [0, 0.1) is 0 Å². The molecule has 3 rings (SSSR count). The van der Waals surface area contributed by atoms with Crippen molar-refractivity contribution in [1.29, 1.82) is 0 Å². The van der Waals surface area contributed by atoms with Crippen molar-refractivity contribution >= 4 is 27.7 Å². The molecule has 0 saturated carbocycles. The number of hydrogen-bond acceptors (Lipinski definition) is 2. The van der Waals surface area contributed by atoms with E-state index in [9.17, 15) is 4.79 Å². The van der Waals surface area contributed by atoms with Crippen molar-refractivity contribution in [3.63, 3.8) is 0 Å². The van der Waals surface area contributed by atoms with Gasteiger partial charge in [-0.05, 0) is 35.9 Å². The van der Waals surface area contributed by atoms with E-state index in [1.54, 1.807) is 12.1 Å². The zero-order valence-electron chi connectivity index (χ0n) is 10.0. The highest BCUT2D eigenvalue weighted by Crippen LogP contribution is 2.21. The van der Waals surface area contributed by atoms with Crippen LogP contribution in [0.3, 0.4) is 0 Å². The summed E-state index contributed by atoms with van der Waals surface area (Å²) in [4.78, 5) is 15.6. The van der Waals surface area contributed by atoms with Gasteiger partial charge in [0, 0.05) is 16.5 Å². The number of fused-ring (bicyclic) bond motifs is 1. The molecule has 2 aromatic carbocycles. The van der Waals surface area contributed by atoms with Crippen LogP contribution in [-0.4, -0.2) is 10.2 Å². The van der Waals surface area contributed by atoms with Gasteiger partial charge in [-0.1, -0.05) is 36.4 Å². The van der Waals surface area contributed by atoms with Gasteiger partial charge >= 0.3 is 0 Å². The van der Waals surface area contributed by atoms with Gasteiger partial charge in [0.1, 0.15) is 0 Å². The normalized spacial score (nSPS) is 10.6. The molecular weight excluding hydrogens is 258 g/mol. The van der Waals surface area contributed by atoms with E-state index in [0.717, 1.165) is 22.2 Å². The molecule has 19 heavy (non-hydrogen) atoms. The molecule has 0 aliphatic rings. The van der Waals surface area contributed by atoms with Crippen LogP contribution < -0.4 is 0 Å². The Kier molecular flexibility index (Phi) is 3.02. The average Bonchev–Trinajstić information content (AvgIpc) is 2.47. The van der Waals surface area contributed by atoms with E-state index >= 15 is 0 Å². The van der Waals surface area contributed by atoms with Crippen molar-refractivity contribution in [3.8, 4) is 11.3 Å². The van der Waals surface area contributed by atoms with Crippen LogP contribution in [0.2, 0.25) is 0 Å². The molecule has 0 atom stereocenters. The van der Waals surface area contributed by atoms with Gasteiger partial charge in [-0.3, -0.25) is 4.79 Å². The molecule has 0 spiro atoms. The Balaban J connectivity index is 2.06. The molecule has 0 radical (unpaired) electrons. The lowest BCUT2D eigenvalue weighted by molar-refractivity contribution is 0.108. The molecule has 1 heterocycles. The number of rotatable bonds is 2. The highest BCUT2D eigenvalue weighted by atomic mass is 35.5. The highest BCUT2D eigenvalue weighted by Gasteiger charge is 2.04. The number of carbonyl (C=O) groups is 1. The molecule has 0 bridgehead atoms. The van der Waals surface area contributed by atoms with Crippen LogP contribution in [0.15, 0.2) is 60.7 Å². The van der Waals surface area contributed by atoms with Crippen molar-refractivity contribution in [2.45, 2.75) is 0 Å². The maximum absolute atomic E-state index is 11.0. The lowest BCUT2D eigenvalue weighted by atomic mass is 10.1. The Morgan fingerprint density at radius 1 is 0.895 bits per heavy atom. The molecule has 0 fully saturated rings. The summed E-state index contributed by atoms with van der Waals surface area (Å²) < 4.78 is 0. The molecule has 1 aromatic heterocycles. The molecule has 0 aliphatic heterocycles. The third kappa shape index (κ3) is 2.35. The highest BCUT2D eigenvalue weighted by molar-refractivity contribution is 6.67. The minimum Gasteiger partial charge on any atom is -0.276 e. The number of para-hydroxylation sites is 1. The van der Waals surface area contributed by atoms with Crippen LogP contribution in [0.5, 0.6) is 0 Å². The molecule has 0 unspecified atom stereocenters. The fourth-order valence-electron chi connectivity index (χ4n) is 2.00. The van der Waals surface area contributed by atoms with E-state index in [1.165, 1.54) is 0 Å². The molecule has 0 N–H and O–H groups in total. The van der Waals surface area contributed by atoms with E-state index in [4.69, 9.17) is 11.6 Å². The third-order valence-corrected chi connectivity index (χ3v) is 3.22. The van der Waals surface area contributed by atoms with E-state index in [1.807, 2.05) is 48.5 Å². The summed E-state index contributed by atoms with van der Waals surface area (Å²) in [6, 6.07) is 19.1. The zero-order chi connectivity index (χ0) is 13.2. The number of pyridine rings is 1. The molecule has 0 aliphatic carbocycles. The first-order chi connectivity index (χ1) is 9.24. The fourth-order valence-corrected chi connectivity index (χ4v) is 2.12. The Hall–Kier alpha value is -2.19. The van der Waals surface area contributed by atoms with Gasteiger partial charge in [-0.25, -0.2) is 4.98 Å².